The van der Waals surface area contributed by atoms with Crippen LogP contribution in [0.1, 0.15) is 43.9 Å². The van der Waals surface area contributed by atoms with Crippen molar-refractivity contribution in [3.05, 3.63) is 17.6 Å². The molecule has 18 heavy (non-hydrogen) atoms. The van der Waals surface area contributed by atoms with E-state index in [1.807, 2.05) is 0 Å². The third kappa shape index (κ3) is 2.34. The summed E-state index contributed by atoms with van der Waals surface area (Å²) in [5, 5.41) is 3.54. The number of hydrogen-bond acceptors (Lipinski definition) is 4. The maximum atomic E-state index is 5.73. The molecule has 1 aliphatic carbocycles. The lowest BCUT2D eigenvalue weighted by atomic mass is 9.96. The molecule has 0 radical (unpaired) electrons. The highest BCUT2D eigenvalue weighted by atomic mass is 16.5. The van der Waals surface area contributed by atoms with Gasteiger partial charge in [-0.05, 0) is 45.4 Å². The lowest BCUT2D eigenvalue weighted by Gasteiger charge is -2.24. The first-order valence-electron chi connectivity index (χ1n) is 7.05. The minimum Gasteiger partial charge on any atom is -0.376 e. The summed E-state index contributed by atoms with van der Waals surface area (Å²) in [6.07, 6.45) is 9.07. The Balaban J connectivity index is 1.75. The first-order chi connectivity index (χ1) is 8.84. The van der Waals surface area contributed by atoms with Crippen LogP contribution in [0.15, 0.2) is 6.33 Å². The first-order valence-corrected chi connectivity index (χ1v) is 7.05. The predicted octanol–water partition coefficient (Wildman–Crippen LogP) is 2.33. The third-order valence-corrected chi connectivity index (χ3v) is 4.01. The topological polar surface area (TPSA) is 47.0 Å². The van der Waals surface area contributed by atoms with Crippen LogP contribution in [0.3, 0.4) is 0 Å². The monoisotopic (exact) mass is 247 g/mol. The molecule has 1 aromatic heterocycles. The van der Waals surface area contributed by atoms with Crippen molar-refractivity contribution in [3.8, 4) is 0 Å². The van der Waals surface area contributed by atoms with Crippen molar-refractivity contribution >= 4 is 5.82 Å². The van der Waals surface area contributed by atoms with E-state index in [1.54, 1.807) is 6.33 Å². The quantitative estimate of drug-likeness (QED) is 0.890. The Labute approximate surface area is 108 Å². The maximum Gasteiger partial charge on any atom is 0.133 e. The Bertz CT molecular complexity index is 416. The van der Waals surface area contributed by atoms with E-state index >= 15 is 0 Å². The minimum atomic E-state index is 0.327. The summed E-state index contributed by atoms with van der Waals surface area (Å²) in [6.45, 7) is 3.09. The molecule has 1 N–H and O–H groups in total. The number of hydrogen-bond donors (Lipinski definition) is 1. The highest BCUT2D eigenvalue weighted by Crippen LogP contribution is 2.26. The SMILES string of the molecule is CC(Nc1ncnc2c1CCCC2)C1CCCO1. The van der Waals surface area contributed by atoms with Crippen LogP contribution < -0.4 is 5.32 Å². The van der Waals surface area contributed by atoms with E-state index in [-0.39, 0.29) is 0 Å². The molecule has 1 fully saturated rings. The number of aromatic nitrogens is 2. The van der Waals surface area contributed by atoms with Crippen LogP contribution >= 0.6 is 0 Å². The fourth-order valence-electron chi connectivity index (χ4n) is 2.95. The summed E-state index contributed by atoms with van der Waals surface area (Å²) >= 11 is 0. The van der Waals surface area contributed by atoms with Crippen LogP contribution in [0.25, 0.3) is 0 Å². The number of rotatable bonds is 3. The molecule has 2 heterocycles. The molecule has 2 atom stereocenters. The number of nitrogens with one attached hydrogen (secondary N) is 1. The van der Waals surface area contributed by atoms with Gasteiger partial charge >= 0.3 is 0 Å². The molecule has 2 aliphatic rings. The summed E-state index contributed by atoms with van der Waals surface area (Å²) < 4.78 is 5.73. The number of ether oxygens (including phenoxy) is 1. The van der Waals surface area contributed by atoms with E-state index < -0.39 is 0 Å². The van der Waals surface area contributed by atoms with E-state index in [9.17, 15) is 0 Å². The van der Waals surface area contributed by atoms with E-state index in [4.69, 9.17) is 4.74 Å². The van der Waals surface area contributed by atoms with Gasteiger partial charge in [-0.15, -0.1) is 0 Å². The largest absolute Gasteiger partial charge is 0.376 e. The Morgan fingerprint density at radius 2 is 2.17 bits per heavy atom. The fourth-order valence-corrected chi connectivity index (χ4v) is 2.95. The highest BCUT2D eigenvalue weighted by molar-refractivity contribution is 5.47. The predicted molar refractivity (Wildman–Crippen MR) is 70.7 cm³/mol. The van der Waals surface area contributed by atoms with Crippen LogP contribution in [0.4, 0.5) is 5.82 Å². The summed E-state index contributed by atoms with van der Waals surface area (Å²) in [5.41, 5.74) is 2.56. The van der Waals surface area contributed by atoms with Crippen molar-refractivity contribution in [2.75, 3.05) is 11.9 Å². The van der Waals surface area contributed by atoms with Gasteiger partial charge in [0.15, 0.2) is 0 Å². The van der Waals surface area contributed by atoms with Crippen molar-refractivity contribution in [2.24, 2.45) is 0 Å². The van der Waals surface area contributed by atoms with Crippen molar-refractivity contribution in [3.63, 3.8) is 0 Å². The van der Waals surface area contributed by atoms with Gasteiger partial charge in [-0.1, -0.05) is 0 Å². The average molecular weight is 247 g/mol. The van der Waals surface area contributed by atoms with Gasteiger partial charge in [0.05, 0.1) is 12.1 Å². The van der Waals surface area contributed by atoms with Crippen LogP contribution in [0.5, 0.6) is 0 Å². The molecule has 0 saturated carbocycles. The lowest BCUT2D eigenvalue weighted by molar-refractivity contribution is 0.0995. The number of nitrogens with zero attached hydrogens (tertiary/aromatic N) is 2. The Hall–Kier alpha value is -1.16. The van der Waals surface area contributed by atoms with Crippen molar-refractivity contribution in [1.82, 2.24) is 9.97 Å². The molecular formula is C14H21N3O. The zero-order valence-corrected chi connectivity index (χ0v) is 11.0. The van der Waals surface area contributed by atoms with E-state index in [0.717, 1.165) is 31.7 Å². The normalized spacial score (nSPS) is 24.6. The standard InChI is InChI=1S/C14H21N3O/c1-10(13-7-4-8-18-13)17-14-11-5-2-3-6-12(11)15-9-16-14/h9-10,13H,2-8H2,1H3,(H,15,16,17). The van der Waals surface area contributed by atoms with Crippen molar-refractivity contribution in [1.29, 1.82) is 0 Å². The Kier molecular flexibility index (Phi) is 3.46. The van der Waals surface area contributed by atoms with Gasteiger partial charge in [0.25, 0.3) is 0 Å². The van der Waals surface area contributed by atoms with Crippen LogP contribution in [0, 0.1) is 0 Å². The van der Waals surface area contributed by atoms with E-state index in [1.165, 1.54) is 30.5 Å². The van der Waals surface area contributed by atoms with Crippen molar-refractivity contribution < 1.29 is 4.74 Å². The van der Waals surface area contributed by atoms with Crippen LogP contribution in [0.2, 0.25) is 0 Å². The molecule has 0 aromatic carbocycles. The molecule has 0 spiro atoms. The lowest BCUT2D eigenvalue weighted by Crippen LogP contribution is -2.31. The summed E-state index contributed by atoms with van der Waals surface area (Å²) in [5.74, 6) is 1.03. The number of anilines is 1. The van der Waals surface area contributed by atoms with Gasteiger partial charge in [-0.25, -0.2) is 9.97 Å². The second kappa shape index (κ2) is 5.22. The molecule has 1 aliphatic heterocycles. The molecule has 4 heteroatoms. The van der Waals surface area contributed by atoms with Gasteiger partial charge in [-0.3, -0.25) is 0 Å². The Morgan fingerprint density at radius 1 is 1.28 bits per heavy atom. The second-order valence-electron chi connectivity index (χ2n) is 5.34. The molecule has 1 saturated heterocycles. The van der Waals surface area contributed by atoms with Crippen LogP contribution in [-0.2, 0) is 17.6 Å². The molecule has 0 bridgehead atoms. The summed E-state index contributed by atoms with van der Waals surface area (Å²) in [7, 11) is 0. The molecule has 0 amide bonds. The molecule has 1 aromatic rings. The van der Waals surface area contributed by atoms with Gasteiger partial charge < -0.3 is 10.1 Å². The molecule has 2 unspecified atom stereocenters. The molecule has 4 nitrogen and oxygen atoms in total. The molecular weight excluding hydrogens is 226 g/mol. The number of aryl methyl sites for hydroxylation is 1. The Morgan fingerprint density at radius 3 is 3.00 bits per heavy atom. The smallest absolute Gasteiger partial charge is 0.133 e. The zero-order valence-electron chi connectivity index (χ0n) is 11.0. The second-order valence-corrected chi connectivity index (χ2v) is 5.34. The molecule has 98 valence electrons. The van der Waals surface area contributed by atoms with Gasteiger partial charge in [-0.2, -0.15) is 0 Å². The summed E-state index contributed by atoms with van der Waals surface area (Å²) in [6, 6.07) is 0.327. The third-order valence-electron chi connectivity index (χ3n) is 4.01. The van der Waals surface area contributed by atoms with E-state index in [2.05, 4.69) is 22.2 Å². The average Bonchev–Trinajstić information content (AvgIpc) is 2.93. The highest BCUT2D eigenvalue weighted by Gasteiger charge is 2.24. The van der Waals surface area contributed by atoms with Crippen LogP contribution in [-0.4, -0.2) is 28.7 Å². The fraction of sp³-hybridized carbons (Fsp3) is 0.714. The van der Waals surface area contributed by atoms with Gasteiger partial charge in [0.2, 0.25) is 0 Å². The number of fused-ring (bicyclic) bond motifs is 1. The zero-order chi connectivity index (χ0) is 12.4. The maximum absolute atomic E-state index is 5.73. The van der Waals surface area contributed by atoms with E-state index in [0.29, 0.717) is 12.1 Å². The molecule has 3 rings (SSSR count). The van der Waals surface area contributed by atoms with Crippen molar-refractivity contribution in [2.45, 2.75) is 57.6 Å². The van der Waals surface area contributed by atoms with Gasteiger partial charge in [0, 0.05) is 17.9 Å². The van der Waals surface area contributed by atoms with Gasteiger partial charge in [0.1, 0.15) is 12.1 Å². The summed E-state index contributed by atoms with van der Waals surface area (Å²) in [4.78, 5) is 8.83. The minimum absolute atomic E-state index is 0.327. The first kappa shape index (κ1) is 11.9.